The third-order valence-corrected chi connectivity index (χ3v) is 2.18. The first-order valence-electron chi connectivity index (χ1n) is 4.48. The molecule has 3 N–H and O–H groups in total. The molecule has 1 aromatic carbocycles. The Morgan fingerprint density at radius 1 is 1.47 bits per heavy atom. The fraction of sp³-hybridized carbons (Fsp3) is 0.100. The lowest BCUT2D eigenvalue weighted by molar-refractivity contribution is 0.877. The van der Waals surface area contributed by atoms with E-state index in [1.54, 1.807) is 11.0 Å². The number of benzene rings is 1. The number of amidine groups is 1. The van der Waals surface area contributed by atoms with Crippen molar-refractivity contribution in [2.24, 2.45) is 5.73 Å². The molecule has 2 aromatic rings. The molecule has 5 nitrogen and oxygen atoms in total. The summed E-state index contributed by atoms with van der Waals surface area (Å²) in [6.45, 7) is 1.91. The van der Waals surface area contributed by atoms with Crippen molar-refractivity contribution in [1.82, 2.24) is 14.8 Å². The highest BCUT2D eigenvalue weighted by molar-refractivity contribution is 5.96. The van der Waals surface area contributed by atoms with Gasteiger partial charge in [0.15, 0.2) is 0 Å². The number of aryl methyl sites for hydroxylation is 1. The Kier molecular flexibility index (Phi) is 2.21. The van der Waals surface area contributed by atoms with Gasteiger partial charge in [-0.15, -0.1) is 0 Å². The molecule has 0 unspecified atom stereocenters. The molecule has 1 aromatic heterocycles. The third-order valence-electron chi connectivity index (χ3n) is 2.18. The van der Waals surface area contributed by atoms with Crippen LogP contribution >= 0.6 is 0 Å². The van der Waals surface area contributed by atoms with E-state index in [1.807, 2.05) is 25.1 Å². The zero-order valence-electron chi connectivity index (χ0n) is 8.31. The normalized spacial score (nSPS) is 10.2. The van der Waals surface area contributed by atoms with Crippen LogP contribution in [0.1, 0.15) is 11.1 Å². The molecule has 0 radical (unpaired) electrons. The number of nitrogen functional groups attached to an aromatic ring is 1. The van der Waals surface area contributed by atoms with E-state index in [0.717, 1.165) is 16.8 Å². The second-order valence-electron chi connectivity index (χ2n) is 3.25. The monoisotopic (exact) mass is 201 g/mol. The van der Waals surface area contributed by atoms with Crippen molar-refractivity contribution in [1.29, 1.82) is 5.41 Å². The van der Waals surface area contributed by atoms with Gasteiger partial charge < -0.3 is 5.73 Å². The minimum atomic E-state index is 0.0811. The summed E-state index contributed by atoms with van der Waals surface area (Å²) >= 11 is 0. The van der Waals surface area contributed by atoms with Crippen molar-refractivity contribution in [2.75, 3.05) is 0 Å². The van der Waals surface area contributed by atoms with Crippen LogP contribution < -0.4 is 5.73 Å². The Morgan fingerprint density at radius 2 is 2.27 bits per heavy atom. The van der Waals surface area contributed by atoms with Crippen LogP contribution in [0.2, 0.25) is 0 Å². The average molecular weight is 201 g/mol. The summed E-state index contributed by atoms with van der Waals surface area (Å²) in [5.74, 6) is 0.0811. The van der Waals surface area contributed by atoms with Gasteiger partial charge >= 0.3 is 0 Å². The summed E-state index contributed by atoms with van der Waals surface area (Å²) in [7, 11) is 0. The zero-order valence-corrected chi connectivity index (χ0v) is 8.31. The van der Waals surface area contributed by atoms with Gasteiger partial charge in [0.1, 0.15) is 18.5 Å². The van der Waals surface area contributed by atoms with E-state index in [1.165, 1.54) is 6.33 Å². The molecule has 1 heterocycles. The number of rotatable bonds is 2. The van der Waals surface area contributed by atoms with Gasteiger partial charge in [-0.05, 0) is 30.7 Å². The first-order valence-corrected chi connectivity index (χ1v) is 4.48. The summed E-state index contributed by atoms with van der Waals surface area (Å²) < 4.78 is 1.66. The summed E-state index contributed by atoms with van der Waals surface area (Å²) in [6, 6.07) is 5.60. The van der Waals surface area contributed by atoms with Gasteiger partial charge in [0.2, 0.25) is 0 Å². The summed E-state index contributed by atoms with van der Waals surface area (Å²) in [5, 5.41) is 11.4. The Labute approximate surface area is 87.1 Å². The Balaban J connectivity index is 2.47. The largest absolute Gasteiger partial charge is 0.384 e. The lowest BCUT2D eigenvalue weighted by atomic mass is 10.1. The fourth-order valence-corrected chi connectivity index (χ4v) is 1.43. The number of nitrogens with one attached hydrogen (secondary N) is 1. The minimum absolute atomic E-state index is 0.0811. The number of hydrogen-bond donors (Lipinski definition) is 2. The van der Waals surface area contributed by atoms with Crippen molar-refractivity contribution in [2.45, 2.75) is 6.92 Å². The SMILES string of the molecule is Cc1cc(-n2cncn2)ccc1C(=N)N. The van der Waals surface area contributed by atoms with E-state index in [-0.39, 0.29) is 5.84 Å². The second-order valence-corrected chi connectivity index (χ2v) is 3.25. The number of nitrogens with zero attached hydrogens (tertiary/aromatic N) is 3. The standard InChI is InChI=1S/C10H11N5/c1-7-4-8(15-6-13-5-14-15)2-3-9(7)10(11)12/h2-6H,1H3,(H3,11,12). The maximum atomic E-state index is 7.36. The number of hydrogen-bond acceptors (Lipinski definition) is 3. The Bertz CT molecular complexity index is 487. The van der Waals surface area contributed by atoms with E-state index in [2.05, 4.69) is 10.1 Å². The Morgan fingerprint density at radius 3 is 2.80 bits per heavy atom. The highest BCUT2D eigenvalue weighted by Gasteiger charge is 2.03. The van der Waals surface area contributed by atoms with Gasteiger partial charge in [-0.1, -0.05) is 0 Å². The lowest BCUT2D eigenvalue weighted by Crippen LogP contribution is -2.13. The quantitative estimate of drug-likeness (QED) is 0.558. The predicted octanol–water partition coefficient (Wildman–Crippen LogP) is 0.860. The van der Waals surface area contributed by atoms with Gasteiger partial charge in [0.05, 0.1) is 5.69 Å². The van der Waals surface area contributed by atoms with E-state index in [9.17, 15) is 0 Å². The minimum Gasteiger partial charge on any atom is -0.384 e. The molecule has 76 valence electrons. The van der Waals surface area contributed by atoms with E-state index >= 15 is 0 Å². The van der Waals surface area contributed by atoms with Crippen LogP contribution in [-0.4, -0.2) is 20.6 Å². The molecule has 0 bridgehead atoms. The van der Waals surface area contributed by atoms with Gasteiger partial charge in [-0.25, -0.2) is 9.67 Å². The molecule has 0 aliphatic heterocycles. The predicted molar refractivity (Wildman–Crippen MR) is 57.1 cm³/mol. The summed E-state index contributed by atoms with van der Waals surface area (Å²) in [6.07, 6.45) is 3.11. The van der Waals surface area contributed by atoms with Crippen molar-refractivity contribution < 1.29 is 0 Å². The van der Waals surface area contributed by atoms with Crippen molar-refractivity contribution in [3.8, 4) is 5.69 Å². The van der Waals surface area contributed by atoms with Gasteiger partial charge in [0, 0.05) is 5.56 Å². The van der Waals surface area contributed by atoms with Gasteiger partial charge in [0.25, 0.3) is 0 Å². The molecule has 0 fully saturated rings. The maximum absolute atomic E-state index is 7.36. The molecule has 0 atom stereocenters. The van der Waals surface area contributed by atoms with E-state index in [0.29, 0.717) is 0 Å². The molecule has 2 rings (SSSR count). The maximum Gasteiger partial charge on any atom is 0.138 e. The smallest absolute Gasteiger partial charge is 0.138 e. The number of aromatic nitrogens is 3. The topological polar surface area (TPSA) is 80.6 Å². The van der Waals surface area contributed by atoms with Gasteiger partial charge in [-0.3, -0.25) is 5.41 Å². The molecule has 0 saturated heterocycles. The molecule has 0 saturated carbocycles. The zero-order chi connectivity index (χ0) is 10.8. The van der Waals surface area contributed by atoms with Crippen LogP contribution in [0.25, 0.3) is 5.69 Å². The van der Waals surface area contributed by atoms with Crippen molar-refractivity contribution in [3.05, 3.63) is 42.0 Å². The molecule has 0 amide bonds. The van der Waals surface area contributed by atoms with Crippen LogP contribution in [0.3, 0.4) is 0 Å². The highest BCUT2D eigenvalue weighted by atomic mass is 15.3. The first kappa shape index (κ1) is 9.39. The van der Waals surface area contributed by atoms with Crippen LogP contribution in [0.4, 0.5) is 0 Å². The van der Waals surface area contributed by atoms with Crippen LogP contribution in [-0.2, 0) is 0 Å². The van der Waals surface area contributed by atoms with E-state index in [4.69, 9.17) is 11.1 Å². The lowest BCUT2D eigenvalue weighted by Gasteiger charge is -2.06. The molecule has 0 spiro atoms. The molecular formula is C10H11N5. The Hall–Kier alpha value is -2.17. The first-order chi connectivity index (χ1) is 7.18. The van der Waals surface area contributed by atoms with Crippen molar-refractivity contribution >= 4 is 5.84 Å². The summed E-state index contributed by atoms with van der Waals surface area (Å²) in [4.78, 5) is 3.87. The van der Waals surface area contributed by atoms with Crippen LogP contribution in [0, 0.1) is 12.3 Å². The molecule has 5 heteroatoms. The molecular weight excluding hydrogens is 190 g/mol. The molecule has 0 aliphatic carbocycles. The second kappa shape index (κ2) is 3.53. The van der Waals surface area contributed by atoms with Crippen LogP contribution in [0.5, 0.6) is 0 Å². The fourth-order valence-electron chi connectivity index (χ4n) is 1.43. The third kappa shape index (κ3) is 1.71. The van der Waals surface area contributed by atoms with E-state index < -0.39 is 0 Å². The number of nitrogens with two attached hydrogens (primary N) is 1. The van der Waals surface area contributed by atoms with Gasteiger partial charge in [-0.2, -0.15) is 5.10 Å². The molecule has 15 heavy (non-hydrogen) atoms. The highest BCUT2D eigenvalue weighted by Crippen LogP contribution is 2.12. The van der Waals surface area contributed by atoms with Crippen LogP contribution in [0.15, 0.2) is 30.9 Å². The van der Waals surface area contributed by atoms with Crippen molar-refractivity contribution in [3.63, 3.8) is 0 Å². The average Bonchev–Trinajstić information content (AvgIpc) is 2.69. The molecule has 0 aliphatic rings. The summed E-state index contributed by atoms with van der Waals surface area (Å²) in [5.41, 5.74) is 8.05.